The lowest BCUT2D eigenvalue weighted by molar-refractivity contribution is 0.0512. The lowest BCUT2D eigenvalue weighted by Crippen LogP contribution is -2.35. The summed E-state index contributed by atoms with van der Waals surface area (Å²) in [7, 11) is 0. The molecular weight excluding hydrogens is 380 g/mol. The van der Waals surface area contributed by atoms with Crippen molar-refractivity contribution in [1.29, 1.82) is 0 Å². The summed E-state index contributed by atoms with van der Waals surface area (Å²) < 4.78 is 6.44. The third-order valence-corrected chi connectivity index (χ3v) is 4.27. The first kappa shape index (κ1) is 17.5. The van der Waals surface area contributed by atoms with E-state index in [-0.39, 0.29) is 6.04 Å². The maximum atomic E-state index is 12.4. The highest BCUT2D eigenvalue weighted by Crippen LogP contribution is 2.31. The van der Waals surface area contributed by atoms with Gasteiger partial charge in [0.15, 0.2) is 0 Å². The molecule has 130 valence electrons. The molecule has 0 aliphatic carbocycles. The maximum Gasteiger partial charge on any atom is 0.408 e. The first-order chi connectivity index (χ1) is 11.8. The van der Waals surface area contributed by atoms with E-state index in [2.05, 4.69) is 26.2 Å². The first-order valence-corrected chi connectivity index (χ1v) is 8.94. The van der Waals surface area contributed by atoms with Crippen LogP contribution in [0.4, 0.5) is 4.79 Å². The second-order valence-electron chi connectivity index (χ2n) is 6.92. The smallest absolute Gasteiger partial charge is 0.408 e. The van der Waals surface area contributed by atoms with E-state index in [1.807, 2.05) is 75.5 Å². The van der Waals surface area contributed by atoms with Crippen molar-refractivity contribution in [1.82, 2.24) is 10.3 Å². The topological polar surface area (TPSA) is 54.1 Å². The quantitative estimate of drug-likeness (QED) is 0.605. The summed E-state index contributed by atoms with van der Waals surface area (Å²) in [6.07, 6.45) is 1.50. The molecule has 1 unspecified atom stereocenters. The highest BCUT2D eigenvalue weighted by atomic mass is 79.9. The number of halogens is 1. The molecule has 1 heterocycles. The second-order valence-corrected chi connectivity index (χ2v) is 7.84. The highest BCUT2D eigenvalue weighted by molar-refractivity contribution is 9.10. The average molecular weight is 401 g/mol. The van der Waals surface area contributed by atoms with Gasteiger partial charge in [0.05, 0.1) is 6.04 Å². The number of aromatic amines is 1. The molecule has 0 aliphatic rings. The van der Waals surface area contributed by atoms with Crippen molar-refractivity contribution in [2.24, 2.45) is 0 Å². The Labute approximate surface area is 155 Å². The molecule has 25 heavy (non-hydrogen) atoms. The molecule has 0 saturated carbocycles. The van der Waals surface area contributed by atoms with Crippen LogP contribution < -0.4 is 5.32 Å². The SMILES string of the molecule is CC(C)(C)OC(=O)NC(c1ccccc1)c1c[nH]c2ccc(Br)cc12. The van der Waals surface area contributed by atoms with E-state index in [0.29, 0.717) is 0 Å². The number of rotatable bonds is 3. The van der Waals surface area contributed by atoms with Crippen LogP contribution in [0.25, 0.3) is 10.9 Å². The molecule has 5 heteroatoms. The molecule has 0 aliphatic heterocycles. The number of hydrogen-bond donors (Lipinski definition) is 2. The van der Waals surface area contributed by atoms with Crippen molar-refractivity contribution in [3.05, 3.63) is 70.3 Å². The molecule has 0 spiro atoms. The van der Waals surface area contributed by atoms with Gasteiger partial charge in [0.25, 0.3) is 0 Å². The first-order valence-electron chi connectivity index (χ1n) is 8.14. The predicted octanol–water partition coefficient (Wildman–Crippen LogP) is 5.54. The summed E-state index contributed by atoms with van der Waals surface area (Å²) in [5.74, 6) is 0. The Bertz CT molecular complexity index is 882. The Kier molecular flexibility index (Phi) is 4.86. The average Bonchev–Trinajstić information content (AvgIpc) is 2.94. The Morgan fingerprint density at radius 1 is 1.16 bits per heavy atom. The molecule has 2 N–H and O–H groups in total. The Morgan fingerprint density at radius 3 is 2.56 bits per heavy atom. The van der Waals surface area contributed by atoms with E-state index in [1.165, 1.54) is 0 Å². The van der Waals surface area contributed by atoms with E-state index in [9.17, 15) is 4.79 Å². The normalized spacial score (nSPS) is 12.8. The zero-order chi connectivity index (χ0) is 18.0. The zero-order valence-corrected chi connectivity index (χ0v) is 16.1. The van der Waals surface area contributed by atoms with Crippen molar-refractivity contribution in [3.63, 3.8) is 0 Å². The molecule has 0 saturated heterocycles. The number of ether oxygens (including phenoxy) is 1. The van der Waals surface area contributed by atoms with Gasteiger partial charge >= 0.3 is 6.09 Å². The largest absolute Gasteiger partial charge is 0.444 e. The fourth-order valence-corrected chi connectivity index (χ4v) is 3.13. The lowest BCUT2D eigenvalue weighted by Gasteiger charge is -2.24. The second kappa shape index (κ2) is 6.92. The lowest BCUT2D eigenvalue weighted by atomic mass is 9.98. The summed E-state index contributed by atoms with van der Waals surface area (Å²) in [4.78, 5) is 15.7. The van der Waals surface area contributed by atoms with Gasteiger partial charge in [0.2, 0.25) is 0 Å². The van der Waals surface area contributed by atoms with Crippen LogP contribution in [0.15, 0.2) is 59.2 Å². The Balaban J connectivity index is 2.02. The Hall–Kier alpha value is -2.27. The number of hydrogen-bond acceptors (Lipinski definition) is 2. The van der Waals surface area contributed by atoms with Crippen LogP contribution in [-0.4, -0.2) is 16.7 Å². The third kappa shape index (κ3) is 4.23. The van der Waals surface area contributed by atoms with Crippen LogP contribution in [0.1, 0.15) is 37.9 Å². The molecule has 0 bridgehead atoms. The van der Waals surface area contributed by atoms with Crippen LogP contribution in [0.3, 0.4) is 0 Å². The minimum absolute atomic E-state index is 0.306. The van der Waals surface area contributed by atoms with Crippen LogP contribution in [-0.2, 0) is 4.74 Å². The minimum atomic E-state index is -0.547. The molecule has 3 rings (SSSR count). The monoisotopic (exact) mass is 400 g/mol. The van der Waals surface area contributed by atoms with Gasteiger partial charge in [-0.05, 0) is 44.5 Å². The van der Waals surface area contributed by atoms with Gasteiger partial charge in [-0.2, -0.15) is 0 Å². The molecule has 0 radical (unpaired) electrons. The van der Waals surface area contributed by atoms with E-state index in [1.54, 1.807) is 0 Å². The minimum Gasteiger partial charge on any atom is -0.444 e. The summed E-state index contributed by atoms with van der Waals surface area (Å²) in [6, 6.07) is 15.6. The van der Waals surface area contributed by atoms with Gasteiger partial charge in [-0.3, -0.25) is 0 Å². The van der Waals surface area contributed by atoms with E-state index in [0.717, 1.165) is 26.5 Å². The van der Waals surface area contributed by atoms with Gasteiger partial charge in [-0.15, -0.1) is 0 Å². The van der Waals surface area contributed by atoms with Crippen molar-refractivity contribution >= 4 is 32.9 Å². The van der Waals surface area contributed by atoms with Crippen molar-refractivity contribution in [2.45, 2.75) is 32.4 Å². The van der Waals surface area contributed by atoms with Crippen molar-refractivity contribution in [3.8, 4) is 0 Å². The zero-order valence-electron chi connectivity index (χ0n) is 14.5. The highest BCUT2D eigenvalue weighted by Gasteiger charge is 2.23. The number of benzene rings is 2. The summed E-state index contributed by atoms with van der Waals surface area (Å²) in [6.45, 7) is 5.56. The van der Waals surface area contributed by atoms with Crippen LogP contribution in [0.2, 0.25) is 0 Å². The van der Waals surface area contributed by atoms with Crippen molar-refractivity contribution in [2.75, 3.05) is 0 Å². The maximum absolute atomic E-state index is 12.4. The molecule has 1 atom stereocenters. The number of alkyl carbamates (subject to hydrolysis) is 1. The number of nitrogens with one attached hydrogen (secondary N) is 2. The fourth-order valence-electron chi connectivity index (χ4n) is 2.76. The van der Waals surface area contributed by atoms with Gasteiger partial charge in [-0.1, -0.05) is 46.3 Å². The number of fused-ring (bicyclic) bond motifs is 1. The fraction of sp³-hybridized carbons (Fsp3) is 0.250. The summed E-state index contributed by atoms with van der Waals surface area (Å²) in [5, 5.41) is 4.06. The van der Waals surface area contributed by atoms with Gasteiger partial charge < -0.3 is 15.0 Å². The van der Waals surface area contributed by atoms with E-state index in [4.69, 9.17) is 4.74 Å². The van der Waals surface area contributed by atoms with Gasteiger partial charge in [-0.25, -0.2) is 4.79 Å². The van der Waals surface area contributed by atoms with E-state index < -0.39 is 11.7 Å². The number of carbonyl (C=O) groups excluding carboxylic acids is 1. The van der Waals surface area contributed by atoms with E-state index >= 15 is 0 Å². The Morgan fingerprint density at radius 2 is 1.88 bits per heavy atom. The van der Waals surface area contributed by atoms with Crippen LogP contribution in [0.5, 0.6) is 0 Å². The molecular formula is C20H21BrN2O2. The number of H-pyrrole nitrogens is 1. The van der Waals surface area contributed by atoms with Gasteiger partial charge in [0, 0.05) is 27.1 Å². The predicted molar refractivity (Wildman–Crippen MR) is 104 cm³/mol. The van der Waals surface area contributed by atoms with Crippen molar-refractivity contribution < 1.29 is 9.53 Å². The molecule has 3 aromatic rings. The molecule has 4 nitrogen and oxygen atoms in total. The van der Waals surface area contributed by atoms with Crippen LogP contribution in [0, 0.1) is 0 Å². The van der Waals surface area contributed by atoms with Gasteiger partial charge in [0.1, 0.15) is 5.60 Å². The molecule has 1 amide bonds. The number of carbonyl (C=O) groups is 1. The van der Waals surface area contributed by atoms with Crippen LogP contribution >= 0.6 is 15.9 Å². The number of amides is 1. The number of aromatic nitrogens is 1. The molecule has 1 aromatic heterocycles. The standard InChI is InChI=1S/C20H21BrN2O2/c1-20(2,3)25-19(24)23-18(13-7-5-4-6-8-13)16-12-22-17-10-9-14(21)11-15(16)17/h4-12,18,22H,1-3H3,(H,23,24). The molecule has 2 aromatic carbocycles. The third-order valence-electron chi connectivity index (χ3n) is 3.78. The molecule has 0 fully saturated rings. The summed E-state index contributed by atoms with van der Waals surface area (Å²) >= 11 is 3.52. The summed E-state index contributed by atoms with van der Waals surface area (Å²) in [5.41, 5.74) is 2.46.